The lowest BCUT2D eigenvalue weighted by Gasteiger charge is -2.13. The summed E-state index contributed by atoms with van der Waals surface area (Å²) in [6.07, 6.45) is 5.64. The standard InChI is InChI=1S/C11H14BrN3S/c1-9(7-15-4-3-13-8-15)14-6-11-10(12)2-5-16-11/h2-5,8-9,14H,6-7H2,1H3. The Kier molecular flexibility index (Phi) is 4.15. The number of rotatable bonds is 5. The summed E-state index contributed by atoms with van der Waals surface area (Å²) in [4.78, 5) is 5.37. The Labute approximate surface area is 108 Å². The van der Waals surface area contributed by atoms with Crippen LogP contribution in [0.25, 0.3) is 0 Å². The highest BCUT2D eigenvalue weighted by Gasteiger charge is 2.05. The maximum Gasteiger partial charge on any atom is 0.0946 e. The van der Waals surface area contributed by atoms with E-state index >= 15 is 0 Å². The predicted molar refractivity (Wildman–Crippen MR) is 70.5 cm³/mol. The molecule has 5 heteroatoms. The van der Waals surface area contributed by atoms with Crippen LogP contribution in [0.3, 0.4) is 0 Å². The summed E-state index contributed by atoms with van der Waals surface area (Å²) in [6.45, 7) is 4.04. The topological polar surface area (TPSA) is 29.9 Å². The van der Waals surface area contributed by atoms with Crippen LogP contribution in [0.4, 0.5) is 0 Å². The molecule has 0 fully saturated rings. The van der Waals surface area contributed by atoms with E-state index in [-0.39, 0.29) is 0 Å². The molecular weight excluding hydrogens is 286 g/mol. The SMILES string of the molecule is CC(Cn1ccnc1)NCc1sccc1Br. The molecule has 3 nitrogen and oxygen atoms in total. The first-order valence-corrected chi connectivity index (χ1v) is 6.84. The largest absolute Gasteiger partial charge is 0.336 e. The van der Waals surface area contributed by atoms with Crippen LogP contribution in [-0.4, -0.2) is 15.6 Å². The molecule has 0 aliphatic heterocycles. The third-order valence-electron chi connectivity index (χ3n) is 2.35. The van der Waals surface area contributed by atoms with E-state index in [4.69, 9.17) is 0 Å². The van der Waals surface area contributed by atoms with Gasteiger partial charge in [-0.25, -0.2) is 4.98 Å². The Morgan fingerprint density at radius 3 is 3.12 bits per heavy atom. The van der Waals surface area contributed by atoms with Crippen molar-refractivity contribution < 1.29 is 0 Å². The predicted octanol–water partition coefficient (Wildman–Crippen LogP) is 2.89. The van der Waals surface area contributed by atoms with E-state index in [1.165, 1.54) is 9.35 Å². The van der Waals surface area contributed by atoms with Crippen LogP contribution in [0, 0.1) is 0 Å². The van der Waals surface area contributed by atoms with Crippen LogP contribution in [0.2, 0.25) is 0 Å². The average Bonchev–Trinajstić information content (AvgIpc) is 2.87. The normalized spacial score (nSPS) is 12.9. The summed E-state index contributed by atoms with van der Waals surface area (Å²) in [6, 6.07) is 2.52. The molecule has 2 heterocycles. The number of thiophene rings is 1. The van der Waals surface area contributed by atoms with Gasteiger partial charge in [-0.15, -0.1) is 11.3 Å². The third-order valence-corrected chi connectivity index (χ3v) is 4.27. The van der Waals surface area contributed by atoms with Gasteiger partial charge in [-0.3, -0.25) is 0 Å². The third kappa shape index (κ3) is 3.17. The van der Waals surface area contributed by atoms with Gasteiger partial charge in [0, 0.05) is 40.9 Å². The second kappa shape index (κ2) is 5.61. The quantitative estimate of drug-likeness (QED) is 0.920. The molecule has 0 bridgehead atoms. The van der Waals surface area contributed by atoms with Crippen LogP contribution in [-0.2, 0) is 13.1 Å². The fourth-order valence-corrected chi connectivity index (χ4v) is 2.94. The number of aromatic nitrogens is 2. The van der Waals surface area contributed by atoms with Crippen molar-refractivity contribution in [3.63, 3.8) is 0 Å². The Bertz CT molecular complexity index is 424. The van der Waals surface area contributed by atoms with Gasteiger partial charge in [0.2, 0.25) is 0 Å². The number of hydrogen-bond acceptors (Lipinski definition) is 3. The Hall–Kier alpha value is -0.650. The van der Waals surface area contributed by atoms with E-state index in [1.807, 2.05) is 18.7 Å². The molecule has 0 amide bonds. The zero-order valence-corrected chi connectivity index (χ0v) is 11.5. The van der Waals surface area contributed by atoms with E-state index in [2.05, 4.69) is 49.2 Å². The Morgan fingerprint density at radius 1 is 1.62 bits per heavy atom. The number of nitrogens with zero attached hydrogens (tertiary/aromatic N) is 2. The second-order valence-electron chi connectivity index (χ2n) is 3.73. The molecule has 1 unspecified atom stereocenters. The highest BCUT2D eigenvalue weighted by Crippen LogP contribution is 2.22. The van der Waals surface area contributed by atoms with Gasteiger partial charge >= 0.3 is 0 Å². The Morgan fingerprint density at radius 2 is 2.50 bits per heavy atom. The van der Waals surface area contributed by atoms with Gasteiger partial charge in [-0.2, -0.15) is 0 Å². The van der Waals surface area contributed by atoms with Crippen LogP contribution in [0.1, 0.15) is 11.8 Å². The van der Waals surface area contributed by atoms with Crippen molar-refractivity contribution in [3.05, 3.63) is 39.5 Å². The molecule has 0 radical (unpaired) electrons. The summed E-state index contributed by atoms with van der Waals surface area (Å²) in [7, 11) is 0. The van der Waals surface area contributed by atoms with Crippen molar-refractivity contribution in [3.8, 4) is 0 Å². The molecule has 16 heavy (non-hydrogen) atoms. The lowest BCUT2D eigenvalue weighted by molar-refractivity contribution is 0.478. The van der Waals surface area contributed by atoms with Crippen LogP contribution < -0.4 is 5.32 Å². The van der Waals surface area contributed by atoms with Gasteiger partial charge in [0.05, 0.1) is 6.33 Å². The molecule has 86 valence electrons. The molecule has 0 saturated carbocycles. The lowest BCUT2D eigenvalue weighted by atomic mass is 10.3. The number of imidazole rings is 1. The van der Waals surface area contributed by atoms with Crippen LogP contribution in [0.15, 0.2) is 34.6 Å². The fraction of sp³-hybridized carbons (Fsp3) is 0.364. The molecule has 0 saturated heterocycles. The summed E-state index contributed by atoms with van der Waals surface area (Å²) >= 11 is 5.30. The highest BCUT2D eigenvalue weighted by molar-refractivity contribution is 9.10. The van der Waals surface area contributed by atoms with Crippen molar-refractivity contribution in [2.45, 2.75) is 26.1 Å². The fourth-order valence-electron chi connectivity index (χ4n) is 1.49. The van der Waals surface area contributed by atoms with Crippen molar-refractivity contribution in [1.29, 1.82) is 0 Å². The number of nitrogens with one attached hydrogen (secondary N) is 1. The summed E-state index contributed by atoms with van der Waals surface area (Å²) in [5.74, 6) is 0. The van der Waals surface area contributed by atoms with Crippen molar-refractivity contribution in [2.24, 2.45) is 0 Å². The summed E-state index contributed by atoms with van der Waals surface area (Å²) in [5.41, 5.74) is 0. The van der Waals surface area contributed by atoms with Crippen molar-refractivity contribution in [2.75, 3.05) is 0 Å². The maximum absolute atomic E-state index is 4.03. The summed E-state index contributed by atoms with van der Waals surface area (Å²) in [5, 5.41) is 5.59. The van der Waals surface area contributed by atoms with Gasteiger partial charge in [0.1, 0.15) is 0 Å². The smallest absolute Gasteiger partial charge is 0.0946 e. The minimum Gasteiger partial charge on any atom is -0.336 e. The van der Waals surface area contributed by atoms with Gasteiger partial charge in [-0.1, -0.05) is 0 Å². The first-order chi connectivity index (χ1) is 7.75. The first kappa shape index (κ1) is 11.8. The van der Waals surface area contributed by atoms with E-state index in [0.29, 0.717) is 6.04 Å². The van der Waals surface area contributed by atoms with Gasteiger partial charge in [-0.05, 0) is 34.3 Å². The van der Waals surface area contributed by atoms with E-state index in [9.17, 15) is 0 Å². The van der Waals surface area contributed by atoms with Crippen molar-refractivity contribution >= 4 is 27.3 Å². The van der Waals surface area contributed by atoms with Crippen LogP contribution in [0.5, 0.6) is 0 Å². The maximum atomic E-state index is 4.03. The highest BCUT2D eigenvalue weighted by atomic mass is 79.9. The first-order valence-electron chi connectivity index (χ1n) is 5.16. The zero-order valence-electron chi connectivity index (χ0n) is 9.06. The summed E-state index contributed by atoms with van der Waals surface area (Å²) < 4.78 is 3.28. The molecule has 0 aliphatic carbocycles. The van der Waals surface area contributed by atoms with E-state index < -0.39 is 0 Å². The molecule has 1 atom stereocenters. The van der Waals surface area contributed by atoms with Gasteiger partial charge in [0.15, 0.2) is 0 Å². The Balaban J connectivity index is 1.80. The number of halogens is 1. The lowest BCUT2D eigenvalue weighted by Crippen LogP contribution is -2.29. The van der Waals surface area contributed by atoms with Crippen LogP contribution >= 0.6 is 27.3 Å². The zero-order chi connectivity index (χ0) is 11.4. The molecule has 0 aliphatic rings. The molecular formula is C11H14BrN3S. The van der Waals surface area contributed by atoms with Gasteiger partial charge in [0.25, 0.3) is 0 Å². The molecule has 2 aromatic heterocycles. The minimum absolute atomic E-state index is 0.434. The van der Waals surface area contributed by atoms with E-state index in [1.54, 1.807) is 11.3 Å². The molecule has 1 N–H and O–H groups in total. The molecule has 0 aromatic carbocycles. The molecule has 0 spiro atoms. The monoisotopic (exact) mass is 299 g/mol. The average molecular weight is 300 g/mol. The minimum atomic E-state index is 0.434. The van der Waals surface area contributed by atoms with E-state index in [0.717, 1.165) is 13.1 Å². The molecule has 2 rings (SSSR count). The molecule has 2 aromatic rings. The second-order valence-corrected chi connectivity index (χ2v) is 5.59. The van der Waals surface area contributed by atoms with Gasteiger partial charge < -0.3 is 9.88 Å². The van der Waals surface area contributed by atoms with Crippen molar-refractivity contribution in [1.82, 2.24) is 14.9 Å². The number of hydrogen-bond donors (Lipinski definition) is 1.